The highest BCUT2D eigenvalue weighted by atomic mass is 127. The maximum absolute atomic E-state index is 12.9. The molecule has 5 nitrogen and oxygen atoms in total. The lowest BCUT2D eigenvalue weighted by Gasteiger charge is -2.37. The van der Waals surface area contributed by atoms with E-state index >= 15 is 0 Å². The largest absolute Gasteiger partial charge is 0.487 e. The zero-order valence-corrected chi connectivity index (χ0v) is 22.0. The molecule has 1 aliphatic heterocycles. The molecule has 0 N–H and O–H groups in total. The van der Waals surface area contributed by atoms with Crippen LogP contribution in [0.4, 0.5) is 0 Å². The number of hydrogen-bond acceptors (Lipinski definition) is 4. The molecule has 164 valence electrons. The Balaban J connectivity index is 1.31. The fourth-order valence-corrected chi connectivity index (χ4v) is 7.08. The van der Waals surface area contributed by atoms with Crippen LogP contribution in [0, 0.1) is 30.8 Å². The van der Waals surface area contributed by atoms with E-state index in [-0.39, 0.29) is 35.5 Å². The summed E-state index contributed by atoms with van der Waals surface area (Å²) in [6, 6.07) is 11.4. The number of ether oxygens (including phenoxy) is 1. The van der Waals surface area contributed by atoms with Gasteiger partial charge in [0.1, 0.15) is 12.4 Å². The minimum Gasteiger partial charge on any atom is -0.487 e. The van der Waals surface area contributed by atoms with Crippen molar-refractivity contribution in [3.8, 4) is 5.75 Å². The van der Waals surface area contributed by atoms with E-state index in [1.165, 1.54) is 0 Å². The van der Waals surface area contributed by atoms with Gasteiger partial charge in [0.2, 0.25) is 0 Å². The molecule has 0 radical (unpaired) electrons. The summed E-state index contributed by atoms with van der Waals surface area (Å²) in [6.45, 7) is 0.437. The van der Waals surface area contributed by atoms with Crippen molar-refractivity contribution in [2.75, 3.05) is 0 Å². The van der Waals surface area contributed by atoms with Crippen molar-refractivity contribution in [1.29, 1.82) is 0 Å². The van der Waals surface area contributed by atoms with E-state index in [2.05, 4.69) is 62.4 Å². The summed E-state index contributed by atoms with van der Waals surface area (Å²) in [5.41, 5.74) is 1.84. The second-order valence-electron chi connectivity index (χ2n) is 8.30. The summed E-state index contributed by atoms with van der Waals surface area (Å²) >= 11 is 10.4. The topological polar surface area (TPSA) is 59.0 Å². The third-order valence-corrected chi connectivity index (χ3v) is 8.23. The highest BCUT2D eigenvalue weighted by Crippen LogP contribution is 2.49. The molecule has 2 aromatic rings. The molecule has 2 amide bonds. The number of carbonyl (C=O) groups is 2. The molecule has 3 aliphatic carbocycles. The maximum atomic E-state index is 12.9. The Kier molecular flexibility index (Phi) is 6.32. The van der Waals surface area contributed by atoms with E-state index in [1.54, 1.807) is 6.21 Å². The van der Waals surface area contributed by atoms with Crippen molar-refractivity contribution >= 4 is 74.8 Å². The molecule has 1 heterocycles. The molecule has 0 unspecified atom stereocenters. The average molecular weight is 673 g/mol. The van der Waals surface area contributed by atoms with Gasteiger partial charge in [0.15, 0.2) is 0 Å². The fraction of sp³-hybridized carbons (Fsp3) is 0.292. The van der Waals surface area contributed by atoms with Crippen LogP contribution in [0.1, 0.15) is 24.0 Å². The molecule has 2 fully saturated rings. The molecule has 0 spiro atoms. The Labute approximate surface area is 218 Å². The van der Waals surface area contributed by atoms with Gasteiger partial charge >= 0.3 is 0 Å². The number of hydrazone groups is 1. The molecule has 4 atom stereocenters. The first-order valence-corrected chi connectivity index (χ1v) is 12.9. The molecule has 8 heteroatoms. The second-order valence-corrected chi connectivity index (χ2v) is 11.1. The lowest BCUT2D eigenvalue weighted by atomic mass is 9.63. The first kappa shape index (κ1) is 22.3. The normalized spacial score (nSPS) is 26.3. The molecule has 32 heavy (non-hydrogen) atoms. The van der Waals surface area contributed by atoms with Crippen molar-refractivity contribution < 1.29 is 14.3 Å². The number of imide groups is 1. The number of allylic oxidation sites excluding steroid dienone is 2. The van der Waals surface area contributed by atoms with Gasteiger partial charge in [-0.05, 0) is 105 Å². The predicted octanol–water partition coefficient (Wildman–Crippen LogP) is 5.66. The van der Waals surface area contributed by atoms with E-state index in [1.807, 2.05) is 36.4 Å². The number of rotatable bonds is 5. The molecule has 6 rings (SSSR count). The van der Waals surface area contributed by atoms with Gasteiger partial charge in [0, 0.05) is 5.02 Å². The Hall–Kier alpha value is -1.46. The Morgan fingerprint density at radius 1 is 1.00 bits per heavy atom. The molecule has 1 saturated carbocycles. The van der Waals surface area contributed by atoms with Gasteiger partial charge in [-0.25, -0.2) is 0 Å². The van der Waals surface area contributed by atoms with Crippen LogP contribution < -0.4 is 4.74 Å². The second kappa shape index (κ2) is 9.06. The Bertz CT molecular complexity index is 1090. The first-order chi connectivity index (χ1) is 15.4. The highest BCUT2D eigenvalue weighted by molar-refractivity contribution is 14.1. The van der Waals surface area contributed by atoms with E-state index in [9.17, 15) is 9.59 Å². The fourth-order valence-electron chi connectivity index (χ4n) is 4.82. The van der Waals surface area contributed by atoms with E-state index in [0.717, 1.165) is 41.9 Å². The van der Waals surface area contributed by atoms with Gasteiger partial charge < -0.3 is 4.74 Å². The maximum Gasteiger partial charge on any atom is 0.254 e. The van der Waals surface area contributed by atoms with Crippen LogP contribution >= 0.6 is 56.8 Å². The minimum absolute atomic E-state index is 0.164. The third kappa shape index (κ3) is 4.11. The summed E-state index contributed by atoms with van der Waals surface area (Å²) in [4.78, 5) is 25.8. The standard InChI is InChI=1S/C24H19ClI2N2O3/c25-17-7-1-13(2-8-17)12-32-22-18(26)9-14(10-19(22)27)11-28-29-23(30)20-15-3-4-16(6-5-15)21(20)24(29)31/h1-4,7-11,15-16,20-21H,5-6,12H2/b28-11-/t15-,16-,20-,21-/m0/s1. The molecular weight excluding hydrogens is 654 g/mol. The summed E-state index contributed by atoms with van der Waals surface area (Å²) in [6.07, 6.45) is 7.78. The van der Waals surface area contributed by atoms with Crippen LogP contribution in [-0.2, 0) is 16.2 Å². The summed E-state index contributed by atoms with van der Waals surface area (Å²) in [5, 5.41) is 6.10. The highest BCUT2D eigenvalue weighted by Gasteiger charge is 2.56. The first-order valence-electron chi connectivity index (χ1n) is 10.4. The number of nitrogens with zero attached hydrogens (tertiary/aromatic N) is 2. The zero-order valence-electron chi connectivity index (χ0n) is 16.9. The molecule has 2 bridgehead atoms. The van der Waals surface area contributed by atoms with Crippen LogP contribution in [-0.4, -0.2) is 23.0 Å². The van der Waals surface area contributed by atoms with Gasteiger partial charge in [-0.1, -0.05) is 35.9 Å². The SMILES string of the molecule is O=C1[C@@H]2[C@@H](C(=O)N1/N=C\c1cc(I)c(OCc3ccc(Cl)cc3)c(I)c1)[C@H]1C=C[C@H]2CC1. The third-order valence-electron chi connectivity index (χ3n) is 6.38. The summed E-state index contributed by atoms with van der Waals surface area (Å²) in [5.74, 6) is 0.311. The number of halogens is 3. The van der Waals surface area contributed by atoms with Crippen LogP contribution in [0.3, 0.4) is 0 Å². The summed E-state index contributed by atoms with van der Waals surface area (Å²) < 4.78 is 7.89. The van der Waals surface area contributed by atoms with Crippen molar-refractivity contribution in [3.63, 3.8) is 0 Å². The monoisotopic (exact) mass is 672 g/mol. The smallest absolute Gasteiger partial charge is 0.254 e. The van der Waals surface area contributed by atoms with Crippen LogP contribution in [0.15, 0.2) is 53.7 Å². The molecule has 2 aromatic carbocycles. The van der Waals surface area contributed by atoms with Crippen molar-refractivity contribution in [2.45, 2.75) is 19.4 Å². The Morgan fingerprint density at radius 2 is 1.56 bits per heavy atom. The Morgan fingerprint density at radius 3 is 2.09 bits per heavy atom. The molecule has 1 saturated heterocycles. The van der Waals surface area contributed by atoms with Crippen molar-refractivity contribution in [1.82, 2.24) is 5.01 Å². The number of amides is 2. The minimum atomic E-state index is -0.243. The molecular formula is C24H19ClI2N2O3. The number of fused-ring (bicyclic) bond motifs is 1. The quantitative estimate of drug-likeness (QED) is 0.179. The van der Waals surface area contributed by atoms with E-state index in [0.29, 0.717) is 11.6 Å². The van der Waals surface area contributed by atoms with Crippen molar-refractivity contribution in [3.05, 3.63) is 71.8 Å². The number of hydrogen-bond donors (Lipinski definition) is 0. The van der Waals surface area contributed by atoms with Crippen LogP contribution in [0.5, 0.6) is 5.75 Å². The lowest BCUT2D eigenvalue weighted by molar-refractivity contribution is -0.140. The van der Waals surface area contributed by atoms with Crippen LogP contribution in [0.2, 0.25) is 5.02 Å². The predicted molar refractivity (Wildman–Crippen MR) is 139 cm³/mol. The van der Waals surface area contributed by atoms with Crippen molar-refractivity contribution in [2.24, 2.45) is 28.8 Å². The molecule has 4 aliphatic rings. The van der Waals surface area contributed by atoms with Gasteiger partial charge in [0.05, 0.1) is 25.2 Å². The van der Waals surface area contributed by atoms with Crippen LogP contribution in [0.25, 0.3) is 0 Å². The lowest BCUT2D eigenvalue weighted by Crippen LogP contribution is -2.38. The van der Waals surface area contributed by atoms with E-state index < -0.39 is 0 Å². The van der Waals surface area contributed by atoms with E-state index in [4.69, 9.17) is 16.3 Å². The van der Waals surface area contributed by atoms with Gasteiger partial charge in [0.25, 0.3) is 11.8 Å². The van der Waals surface area contributed by atoms with Gasteiger partial charge in [-0.2, -0.15) is 10.1 Å². The number of benzene rings is 2. The number of carbonyl (C=O) groups excluding carboxylic acids is 2. The van der Waals surface area contributed by atoms with Gasteiger partial charge in [-0.3, -0.25) is 9.59 Å². The molecule has 0 aromatic heterocycles. The average Bonchev–Trinajstić information content (AvgIpc) is 3.06. The zero-order chi connectivity index (χ0) is 22.4. The van der Waals surface area contributed by atoms with Gasteiger partial charge in [-0.15, -0.1) is 0 Å². The summed E-state index contributed by atoms with van der Waals surface area (Å²) in [7, 11) is 0.